The van der Waals surface area contributed by atoms with Gasteiger partial charge in [0.25, 0.3) is 0 Å². The van der Waals surface area contributed by atoms with Crippen LogP contribution >= 0.6 is 15.9 Å². The fraction of sp³-hybridized carbons (Fsp3) is 0.143. The van der Waals surface area contributed by atoms with Crippen molar-refractivity contribution < 1.29 is 13.6 Å². The first kappa shape index (κ1) is 14.6. The van der Waals surface area contributed by atoms with Crippen LogP contribution in [0.15, 0.2) is 35.1 Å². The normalized spacial score (nSPS) is 10.4. The molecule has 0 saturated heterocycles. The first-order valence-electron chi connectivity index (χ1n) is 5.81. The fourth-order valence-corrected chi connectivity index (χ4v) is 1.88. The van der Waals surface area contributed by atoms with E-state index >= 15 is 0 Å². The molecule has 1 N–H and O–H groups in total. The number of hydrogen-bond acceptors (Lipinski definition) is 2. The fourth-order valence-electron chi connectivity index (χ4n) is 1.67. The van der Waals surface area contributed by atoms with Crippen LogP contribution in [0.2, 0.25) is 0 Å². The lowest BCUT2D eigenvalue weighted by Crippen LogP contribution is -2.15. The summed E-state index contributed by atoms with van der Waals surface area (Å²) >= 11 is 3.26. The average Bonchev–Trinajstić information content (AvgIpc) is 2.38. The number of carbonyl (C=O) groups is 1. The summed E-state index contributed by atoms with van der Waals surface area (Å²) in [5.74, 6) is -2.21. The van der Waals surface area contributed by atoms with Crippen molar-refractivity contribution in [3.05, 3.63) is 57.8 Å². The predicted octanol–water partition coefficient (Wildman–Crippen LogP) is 3.61. The van der Waals surface area contributed by atoms with E-state index in [0.717, 1.165) is 17.7 Å². The van der Waals surface area contributed by atoms with Crippen LogP contribution in [0, 0.1) is 18.6 Å². The molecule has 0 bridgehead atoms. The zero-order valence-corrected chi connectivity index (χ0v) is 12.2. The van der Waals surface area contributed by atoms with Crippen molar-refractivity contribution in [1.82, 2.24) is 4.98 Å². The van der Waals surface area contributed by atoms with E-state index in [1.807, 2.05) is 6.92 Å². The Morgan fingerprint density at radius 1 is 1.30 bits per heavy atom. The molecule has 1 amide bonds. The SMILES string of the molecule is Cc1cc(NC(=O)Cc2ccc(F)c(F)c2)cnc1Br. The molecule has 0 unspecified atom stereocenters. The summed E-state index contributed by atoms with van der Waals surface area (Å²) in [5, 5.41) is 2.65. The van der Waals surface area contributed by atoms with E-state index in [1.54, 1.807) is 6.07 Å². The van der Waals surface area contributed by atoms with Gasteiger partial charge in [-0.25, -0.2) is 13.8 Å². The molecule has 0 aliphatic carbocycles. The van der Waals surface area contributed by atoms with E-state index in [2.05, 4.69) is 26.2 Å². The Hall–Kier alpha value is -1.82. The summed E-state index contributed by atoms with van der Waals surface area (Å²) < 4.78 is 26.5. The molecule has 1 aromatic carbocycles. The summed E-state index contributed by atoms with van der Waals surface area (Å²) in [7, 11) is 0. The molecule has 104 valence electrons. The molecule has 3 nitrogen and oxygen atoms in total. The number of aromatic nitrogens is 1. The number of nitrogens with zero attached hydrogens (tertiary/aromatic N) is 1. The van der Waals surface area contributed by atoms with Gasteiger partial charge in [0.2, 0.25) is 5.91 Å². The summed E-state index contributed by atoms with van der Waals surface area (Å²) in [6.45, 7) is 1.85. The highest BCUT2D eigenvalue weighted by Crippen LogP contribution is 2.17. The molecule has 0 fully saturated rings. The summed E-state index contributed by atoms with van der Waals surface area (Å²) in [6, 6.07) is 5.16. The smallest absolute Gasteiger partial charge is 0.228 e. The largest absolute Gasteiger partial charge is 0.324 e. The van der Waals surface area contributed by atoms with Gasteiger partial charge in [-0.2, -0.15) is 0 Å². The number of hydrogen-bond donors (Lipinski definition) is 1. The van der Waals surface area contributed by atoms with Crippen LogP contribution in [-0.2, 0) is 11.2 Å². The second kappa shape index (κ2) is 6.09. The van der Waals surface area contributed by atoms with Crippen molar-refractivity contribution in [2.75, 3.05) is 5.32 Å². The molecule has 0 aliphatic heterocycles. The van der Waals surface area contributed by atoms with Crippen LogP contribution < -0.4 is 5.32 Å². The van der Waals surface area contributed by atoms with Crippen molar-refractivity contribution >= 4 is 27.5 Å². The number of amides is 1. The summed E-state index contributed by atoms with van der Waals surface area (Å²) in [5.41, 5.74) is 1.84. The lowest BCUT2D eigenvalue weighted by atomic mass is 10.1. The zero-order valence-electron chi connectivity index (χ0n) is 10.6. The summed E-state index contributed by atoms with van der Waals surface area (Å²) in [4.78, 5) is 15.9. The quantitative estimate of drug-likeness (QED) is 0.867. The minimum absolute atomic E-state index is 0.0354. The molecule has 1 heterocycles. The van der Waals surface area contributed by atoms with Crippen LogP contribution in [0.5, 0.6) is 0 Å². The standard InChI is InChI=1S/C14H11BrF2N2O/c1-8-4-10(7-18-14(8)15)19-13(20)6-9-2-3-11(16)12(17)5-9/h2-5,7H,6H2,1H3,(H,19,20). The third kappa shape index (κ3) is 3.60. The summed E-state index contributed by atoms with van der Waals surface area (Å²) in [6.07, 6.45) is 1.48. The minimum atomic E-state index is -0.962. The molecule has 0 aliphatic rings. The number of benzene rings is 1. The first-order chi connectivity index (χ1) is 9.45. The van der Waals surface area contributed by atoms with Gasteiger partial charge in [0.05, 0.1) is 18.3 Å². The van der Waals surface area contributed by atoms with E-state index in [4.69, 9.17) is 0 Å². The number of anilines is 1. The predicted molar refractivity (Wildman–Crippen MR) is 75.4 cm³/mol. The van der Waals surface area contributed by atoms with Gasteiger partial charge in [0.1, 0.15) is 4.60 Å². The second-order valence-electron chi connectivity index (χ2n) is 4.31. The molecule has 2 aromatic rings. The average molecular weight is 341 g/mol. The van der Waals surface area contributed by atoms with Crippen molar-refractivity contribution in [3.8, 4) is 0 Å². The number of pyridine rings is 1. The van der Waals surface area contributed by atoms with Crippen molar-refractivity contribution in [2.45, 2.75) is 13.3 Å². The van der Waals surface area contributed by atoms with Crippen molar-refractivity contribution in [2.24, 2.45) is 0 Å². The van der Waals surface area contributed by atoms with Crippen molar-refractivity contribution in [1.29, 1.82) is 0 Å². The third-order valence-corrected chi connectivity index (χ3v) is 3.48. The van der Waals surface area contributed by atoms with Crippen LogP contribution in [-0.4, -0.2) is 10.9 Å². The third-order valence-electron chi connectivity index (χ3n) is 2.65. The van der Waals surface area contributed by atoms with Crippen molar-refractivity contribution in [3.63, 3.8) is 0 Å². The highest BCUT2D eigenvalue weighted by Gasteiger charge is 2.08. The maximum atomic E-state index is 13.0. The van der Waals surface area contributed by atoms with Gasteiger partial charge in [-0.3, -0.25) is 4.79 Å². The zero-order chi connectivity index (χ0) is 14.7. The van der Waals surface area contributed by atoms with Crippen LogP contribution in [0.4, 0.5) is 14.5 Å². The Kier molecular flexibility index (Phi) is 4.44. The van der Waals surface area contributed by atoms with Gasteiger partial charge in [-0.1, -0.05) is 6.07 Å². The van der Waals surface area contributed by atoms with E-state index in [-0.39, 0.29) is 12.3 Å². The van der Waals surface area contributed by atoms with Gasteiger partial charge in [-0.05, 0) is 52.2 Å². The molecule has 6 heteroatoms. The molecular weight excluding hydrogens is 330 g/mol. The van der Waals surface area contributed by atoms with Crippen LogP contribution in [0.25, 0.3) is 0 Å². The topological polar surface area (TPSA) is 42.0 Å². The molecular formula is C14H11BrF2N2O. The molecule has 0 atom stereocenters. The van der Waals surface area contributed by atoms with Gasteiger partial charge in [0, 0.05) is 0 Å². The maximum Gasteiger partial charge on any atom is 0.228 e. The Bertz CT molecular complexity index is 606. The Morgan fingerprint density at radius 2 is 2.05 bits per heavy atom. The van der Waals surface area contributed by atoms with Gasteiger partial charge < -0.3 is 5.32 Å². The number of rotatable bonds is 3. The van der Waals surface area contributed by atoms with Crippen LogP contribution in [0.1, 0.15) is 11.1 Å². The first-order valence-corrected chi connectivity index (χ1v) is 6.61. The molecule has 0 spiro atoms. The lowest BCUT2D eigenvalue weighted by Gasteiger charge is -2.07. The van der Waals surface area contributed by atoms with E-state index in [1.165, 1.54) is 12.3 Å². The van der Waals surface area contributed by atoms with E-state index < -0.39 is 11.6 Å². The number of halogens is 3. The highest BCUT2D eigenvalue weighted by molar-refractivity contribution is 9.10. The van der Waals surface area contributed by atoms with E-state index in [0.29, 0.717) is 15.9 Å². The van der Waals surface area contributed by atoms with Gasteiger partial charge in [0.15, 0.2) is 11.6 Å². The second-order valence-corrected chi connectivity index (χ2v) is 5.06. The minimum Gasteiger partial charge on any atom is -0.324 e. The number of carbonyl (C=O) groups excluding carboxylic acids is 1. The van der Waals surface area contributed by atoms with Gasteiger partial charge >= 0.3 is 0 Å². The van der Waals surface area contributed by atoms with Crippen LogP contribution in [0.3, 0.4) is 0 Å². The lowest BCUT2D eigenvalue weighted by molar-refractivity contribution is -0.115. The number of aryl methyl sites for hydroxylation is 1. The Labute approximate surface area is 123 Å². The Balaban J connectivity index is 2.04. The Morgan fingerprint density at radius 3 is 2.70 bits per heavy atom. The molecule has 2 rings (SSSR count). The molecule has 0 radical (unpaired) electrons. The molecule has 20 heavy (non-hydrogen) atoms. The highest BCUT2D eigenvalue weighted by atomic mass is 79.9. The molecule has 0 saturated carbocycles. The molecule has 1 aromatic heterocycles. The van der Waals surface area contributed by atoms with Gasteiger partial charge in [-0.15, -0.1) is 0 Å². The number of nitrogens with one attached hydrogen (secondary N) is 1. The monoisotopic (exact) mass is 340 g/mol. The van der Waals surface area contributed by atoms with E-state index in [9.17, 15) is 13.6 Å². The maximum absolute atomic E-state index is 13.0.